The molecule has 0 saturated heterocycles. The zero-order valence-corrected chi connectivity index (χ0v) is 10.6. The maximum Gasteiger partial charge on any atom is 0.162 e. The van der Waals surface area contributed by atoms with E-state index in [2.05, 4.69) is 0 Å². The number of rotatable bonds is 9. The molecule has 16 heavy (non-hydrogen) atoms. The van der Waals surface area contributed by atoms with Crippen LogP contribution in [0.25, 0.3) is 0 Å². The summed E-state index contributed by atoms with van der Waals surface area (Å²) in [4.78, 5) is 0. The lowest BCUT2D eigenvalue weighted by Gasteiger charge is -2.24. The molecule has 0 fully saturated rings. The fourth-order valence-corrected chi connectivity index (χ4v) is 1.08. The van der Waals surface area contributed by atoms with E-state index in [9.17, 15) is 0 Å². The molecule has 0 bridgehead atoms. The minimum absolute atomic E-state index is 0.0154. The Kier molecular flexibility index (Phi) is 7.87. The van der Waals surface area contributed by atoms with E-state index in [1.54, 1.807) is 13.8 Å². The van der Waals surface area contributed by atoms with Gasteiger partial charge < -0.3 is 24.4 Å². The Morgan fingerprint density at radius 2 is 1.81 bits per heavy atom. The summed E-state index contributed by atoms with van der Waals surface area (Å²) in [5.74, 6) is -0.0733. The summed E-state index contributed by atoms with van der Waals surface area (Å²) in [5, 5.41) is 17.9. The van der Waals surface area contributed by atoms with Crippen LogP contribution in [0.5, 0.6) is 0 Å². The highest BCUT2D eigenvalue weighted by Crippen LogP contribution is 2.09. The standard InChI is InChI=1S/C11H24O5/c1-9(7-12)10(14-4)15-5-6-16-11(2,3)8-13/h9-10,12-13H,5-8H2,1-4H3. The average molecular weight is 236 g/mol. The van der Waals surface area contributed by atoms with E-state index < -0.39 is 11.9 Å². The van der Waals surface area contributed by atoms with E-state index in [0.717, 1.165) is 0 Å². The Morgan fingerprint density at radius 3 is 2.25 bits per heavy atom. The van der Waals surface area contributed by atoms with Gasteiger partial charge in [-0.15, -0.1) is 0 Å². The van der Waals surface area contributed by atoms with Gasteiger partial charge >= 0.3 is 0 Å². The lowest BCUT2D eigenvalue weighted by molar-refractivity contribution is -0.175. The topological polar surface area (TPSA) is 68.2 Å². The van der Waals surface area contributed by atoms with E-state index in [0.29, 0.717) is 13.2 Å². The predicted octanol–water partition coefficient (Wildman–Crippen LogP) is 0.391. The van der Waals surface area contributed by atoms with Crippen molar-refractivity contribution in [1.82, 2.24) is 0 Å². The van der Waals surface area contributed by atoms with Crippen molar-refractivity contribution < 1.29 is 24.4 Å². The molecule has 0 aliphatic heterocycles. The van der Waals surface area contributed by atoms with Crippen LogP contribution in [0.2, 0.25) is 0 Å². The summed E-state index contributed by atoms with van der Waals surface area (Å²) >= 11 is 0. The second kappa shape index (κ2) is 7.97. The summed E-state index contributed by atoms with van der Waals surface area (Å²) in [6.45, 7) is 6.17. The van der Waals surface area contributed by atoms with Crippen LogP contribution in [0.4, 0.5) is 0 Å². The van der Waals surface area contributed by atoms with E-state index in [4.69, 9.17) is 24.4 Å². The van der Waals surface area contributed by atoms with E-state index in [1.807, 2.05) is 6.92 Å². The molecule has 5 nitrogen and oxygen atoms in total. The fourth-order valence-electron chi connectivity index (χ4n) is 1.08. The van der Waals surface area contributed by atoms with Crippen molar-refractivity contribution in [2.45, 2.75) is 32.7 Å². The van der Waals surface area contributed by atoms with Crippen molar-refractivity contribution in [3.8, 4) is 0 Å². The third-order valence-electron chi connectivity index (χ3n) is 2.22. The Balaban J connectivity index is 3.71. The average Bonchev–Trinajstić information content (AvgIpc) is 2.28. The summed E-state index contributed by atoms with van der Waals surface area (Å²) in [7, 11) is 1.54. The second-order valence-corrected chi connectivity index (χ2v) is 4.40. The van der Waals surface area contributed by atoms with E-state index in [-0.39, 0.29) is 19.1 Å². The first-order valence-electron chi connectivity index (χ1n) is 5.47. The Morgan fingerprint density at radius 1 is 1.19 bits per heavy atom. The zero-order chi connectivity index (χ0) is 12.6. The zero-order valence-electron chi connectivity index (χ0n) is 10.6. The fraction of sp³-hybridized carbons (Fsp3) is 1.00. The van der Waals surface area contributed by atoms with Crippen LogP contribution in [0.1, 0.15) is 20.8 Å². The Hall–Kier alpha value is -0.200. The van der Waals surface area contributed by atoms with Gasteiger partial charge in [0.25, 0.3) is 0 Å². The molecular formula is C11H24O5. The van der Waals surface area contributed by atoms with Crippen LogP contribution in [0, 0.1) is 5.92 Å². The number of methoxy groups -OCH3 is 1. The van der Waals surface area contributed by atoms with Gasteiger partial charge in [-0.25, -0.2) is 0 Å². The summed E-state index contributed by atoms with van der Waals surface area (Å²) < 4.78 is 15.9. The lowest BCUT2D eigenvalue weighted by atomic mass is 10.1. The molecule has 0 aromatic rings. The maximum absolute atomic E-state index is 8.95. The minimum Gasteiger partial charge on any atom is -0.396 e. The molecule has 5 heteroatoms. The molecule has 0 heterocycles. The highest BCUT2D eigenvalue weighted by Gasteiger charge is 2.18. The van der Waals surface area contributed by atoms with Gasteiger partial charge in [0.15, 0.2) is 6.29 Å². The molecule has 0 aromatic heterocycles. The summed E-state index contributed by atoms with van der Waals surface area (Å²) in [6, 6.07) is 0. The smallest absolute Gasteiger partial charge is 0.162 e. The molecule has 0 aromatic carbocycles. The molecule has 0 amide bonds. The third kappa shape index (κ3) is 6.40. The molecule has 0 rings (SSSR count). The van der Waals surface area contributed by atoms with Crippen molar-refractivity contribution in [2.75, 3.05) is 33.5 Å². The predicted molar refractivity (Wildman–Crippen MR) is 60.1 cm³/mol. The molecule has 0 saturated carbocycles. The van der Waals surface area contributed by atoms with Crippen LogP contribution >= 0.6 is 0 Å². The van der Waals surface area contributed by atoms with Gasteiger partial charge in [0.05, 0.1) is 32.0 Å². The molecule has 0 radical (unpaired) electrons. The van der Waals surface area contributed by atoms with Gasteiger partial charge in [0.2, 0.25) is 0 Å². The quantitative estimate of drug-likeness (QED) is 0.448. The number of hydrogen-bond acceptors (Lipinski definition) is 5. The minimum atomic E-state index is -0.547. The number of aliphatic hydroxyl groups excluding tert-OH is 2. The molecule has 2 atom stereocenters. The van der Waals surface area contributed by atoms with Gasteiger partial charge in [-0.1, -0.05) is 6.92 Å². The molecule has 98 valence electrons. The van der Waals surface area contributed by atoms with Crippen molar-refractivity contribution in [3.05, 3.63) is 0 Å². The monoisotopic (exact) mass is 236 g/mol. The SMILES string of the molecule is COC(OCCOC(C)(C)CO)C(C)CO. The van der Waals surface area contributed by atoms with Crippen LogP contribution in [0.15, 0.2) is 0 Å². The van der Waals surface area contributed by atoms with Crippen molar-refractivity contribution in [2.24, 2.45) is 5.92 Å². The first-order chi connectivity index (χ1) is 7.46. The van der Waals surface area contributed by atoms with Gasteiger partial charge in [-0.2, -0.15) is 0 Å². The number of ether oxygens (including phenoxy) is 3. The maximum atomic E-state index is 8.95. The number of aliphatic hydroxyl groups is 2. The normalized spacial score (nSPS) is 16.1. The number of hydrogen-bond donors (Lipinski definition) is 2. The first kappa shape index (κ1) is 15.8. The van der Waals surface area contributed by atoms with Crippen LogP contribution < -0.4 is 0 Å². The Bertz CT molecular complexity index is 172. The van der Waals surface area contributed by atoms with Gasteiger partial charge in [-0.3, -0.25) is 0 Å². The van der Waals surface area contributed by atoms with Crippen molar-refractivity contribution in [3.63, 3.8) is 0 Å². The molecular weight excluding hydrogens is 212 g/mol. The molecule has 2 unspecified atom stereocenters. The summed E-state index contributed by atoms with van der Waals surface area (Å²) in [6.07, 6.45) is -0.425. The molecule has 0 aliphatic carbocycles. The Labute approximate surface area is 97.3 Å². The van der Waals surface area contributed by atoms with E-state index in [1.165, 1.54) is 7.11 Å². The largest absolute Gasteiger partial charge is 0.396 e. The van der Waals surface area contributed by atoms with Crippen molar-refractivity contribution in [1.29, 1.82) is 0 Å². The molecule has 2 N–H and O–H groups in total. The third-order valence-corrected chi connectivity index (χ3v) is 2.22. The highest BCUT2D eigenvalue weighted by atomic mass is 16.7. The second-order valence-electron chi connectivity index (χ2n) is 4.40. The van der Waals surface area contributed by atoms with Crippen LogP contribution in [-0.4, -0.2) is 55.6 Å². The van der Waals surface area contributed by atoms with Crippen molar-refractivity contribution >= 4 is 0 Å². The van der Waals surface area contributed by atoms with Gasteiger partial charge in [0, 0.05) is 13.0 Å². The summed E-state index contributed by atoms with van der Waals surface area (Å²) in [5.41, 5.74) is -0.547. The highest BCUT2D eigenvalue weighted by molar-refractivity contribution is 4.65. The first-order valence-corrected chi connectivity index (χ1v) is 5.47. The van der Waals surface area contributed by atoms with Gasteiger partial charge in [-0.05, 0) is 13.8 Å². The van der Waals surface area contributed by atoms with E-state index >= 15 is 0 Å². The van der Waals surface area contributed by atoms with Crippen LogP contribution in [-0.2, 0) is 14.2 Å². The van der Waals surface area contributed by atoms with Crippen LogP contribution in [0.3, 0.4) is 0 Å². The molecule has 0 spiro atoms. The molecule has 0 aliphatic rings. The lowest BCUT2D eigenvalue weighted by Crippen LogP contribution is -2.32. The van der Waals surface area contributed by atoms with Gasteiger partial charge in [0.1, 0.15) is 0 Å².